The number of carboxylic acids is 1. The number of carboxylic acid groups (broad SMARTS) is 1. The van der Waals surface area contributed by atoms with Crippen molar-refractivity contribution in [3.8, 4) is 0 Å². The summed E-state index contributed by atoms with van der Waals surface area (Å²) in [7, 11) is -4.19. The molecule has 0 heterocycles. The van der Waals surface area contributed by atoms with E-state index in [1.807, 2.05) is 0 Å². The molecule has 10 heteroatoms. The number of nitrogens with two attached hydrogens (primary N) is 2. The van der Waals surface area contributed by atoms with Gasteiger partial charge in [-0.2, -0.15) is 8.42 Å². The Labute approximate surface area is 132 Å². The zero-order valence-electron chi connectivity index (χ0n) is 11.8. The number of anilines is 2. The lowest BCUT2D eigenvalue weighted by Crippen LogP contribution is -2.11. The van der Waals surface area contributed by atoms with Crippen LogP contribution in [-0.4, -0.2) is 24.0 Å². The van der Waals surface area contributed by atoms with E-state index in [0.717, 1.165) is 0 Å². The SMILES string of the molecule is NNc1ccccc1C(=O)O.NNc1ccccc1S(=O)(=O)O. The van der Waals surface area contributed by atoms with Gasteiger partial charge in [0.05, 0.1) is 16.9 Å². The lowest BCUT2D eigenvalue weighted by molar-refractivity contribution is 0.0698. The number of para-hydroxylation sites is 2. The second-order valence-electron chi connectivity index (χ2n) is 4.11. The molecular weight excluding hydrogens is 324 g/mol. The molecule has 8 N–H and O–H groups in total. The van der Waals surface area contributed by atoms with E-state index >= 15 is 0 Å². The Morgan fingerprint density at radius 1 is 0.913 bits per heavy atom. The number of nitrogens with one attached hydrogen (secondary N) is 2. The Hall–Kier alpha value is -2.66. The summed E-state index contributed by atoms with van der Waals surface area (Å²) in [5, 5.41) is 8.60. The summed E-state index contributed by atoms with van der Waals surface area (Å²) in [4.78, 5) is 10.3. The second kappa shape index (κ2) is 8.10. The molecule has 9 nitrogen and oxygen atoms in total. The topological polar surface area (TPSA) is 168 Å². The number of rotatable bonds is 4. The molecule has 0 aliphatic carbocycles. The third-order valence-corrected chi connectivity index (χ3v) is 3.55. The average molecular weight is 340 g/mol. The van der Waals surface area contributed by atoms with E-state index in [-0.39, 0.29) is 16.1 Å². The van der Waals surface area contributed by atoms with Crippen LogP contribution in [-0.2, 0) is 10.1 Å². The minimum absolute atomic E-state index is 0.167. The van der Waals surface area contributed by atoms with Crippen LogP contribution in [0.25, 0.3) is 0 Å². The van der Waals surface area contributed by atoms with Crippen molar-refractivity contribution in [1.82, 2.24) is 0 Å². The van der Waals surface area contributed by atoms with Gasteiger partial charge in [0.25, 0.3) is 10.1 Å². The van der Waals surface area contributed by atoms with Gasteiger partial charge >= 0.3 is 5.97 Å². The fraction of sp³-hybridized carbons (Fsp3) is 0. The van der Waals surface area contributed by atoms with E-state index in [4.69, 9.17) is 21.3 Å². The monoisotopic (exact) mass is 340 g/mol. The van der Waals surface area contributed by atoms with Crippen molar-refractivity contribution in [1.29, 1.82) is 0 Å². The third kappa shape index (κ3) is 5.23. The van der Waals surface area contributed by atoms with Gasteiger partial charge in [0.15, 0.2) is 0 Å². The standard InChI is InChI=1S/C7H8N2O2.C6H8N2O3S/c8-9-6-4-2-1-3-5(6)7(10)11;7-8-5-3-1-2-4-6(5)12(9,10)11/h1-4,9H,8H2,(H,10,11);1-4,8H,7H2,(H,9,10,11). The summed E-state index contributed by atoms with van der Waals surface area (Å²) in [6.45, 7) is 0. The molecule has 124 valence electrons. The van der Waals surface area contributed by atoms with Crippen LogP contribution in [0.4, 0.5) is 11.4 Å². The molecule has 0 saturated carbocycles. The lowest BCUT2D eigenvalue weighted by atomic mass is 10.2. The largest absolute Gasteiger partial charge is 0.478 e. The van der Waals surface area contributed by atoms with Gasteiger partial charge in [0.1, 0.15) is 4.90 Å². The summed E-state index contributed by atoms with van der Waals surface area (Å²) >= 11 is 0. The Morgan fingerprint density at radius 3 is 1.78 bits per heavy atom. The first-order chi connectivity index (χ1) is 10.8. The van der Waals surface area contributed by atoms with Gasteiger partial charge in [0.2, 0.25) is 0 Å². The first-order valence-electron chi connectivity index (χ1n) is 6.13. The quantitative estimate of drug-likeness (QED) is 0.269. The maximum absolute atomic E-state index is 10.7. The van der Waals surface area contributed by atoms with Crippen molar-refractivity contribution >= 4 is 27.5 Å². The zero-order valence-corrected chi connectivity index (χ0v) is 12.6. The summed E-state index contributed by atoms with van der Waals surface area (Å²) in [5.41, 5.74) is 5.22. The van der Waals surface area contributed by atoms with Crippen LogP contribution in [0.5, 0.6) is 0 Å². The van der Waals surface area contributed by atoms with Crippen molar-refractivity contribution in [2.75, 3.05) is 10.9 Å². The van der Waals surface area contributed by atoms with Crippen LogP contribution in [0, 0.1) is 0 Å². The minimum atomic E-state index is -4.19. The molecule has 2 aromatic carbocycles. The molecule has 0 aliphatic heterocycles. The summed E-state index contributed by atoms with van der Waals surface area (Å²) in [5.74, 6) is 9.11. The predicted molar refractivity (Wildman–Crippen MR) is 85.3 cm³/mol. The number of hydrogen-bond acceptors (Lipinski definition) is 7. The number of aromatic carboxylic acids is 1. The molecule has 0 aliphatic rings. The smallest absolute Gasteiger partial charge is 0.337 e. The predicted octanol–water partition coefficient (Wildman–Crippen LogP) is 0.889. The Bertz CT molecular complexity index is 779. The highest BCUT2D eigenvalue weighted by Gasteiger charge is 2.13. The van der Waals surface area contributed by atoms with E-state index in [9.17, 15) is 13.2 Å². The number of nitrogen functional groups attached to an aromatic ring is 2. The fourth-order valence-electron chi connectivity index (χ4n) is 1.61. The van der Waals surface area contributed by atoms with Crippen molar-refractivity contribution < 1.29 is 22.9 Å². The molecule has 2 rings (SSSR count). The molecule has 0 amide bonds. The Balaban J connectivity index is 0.000000231. The zero-order chi connectivity index (χ0) is 17.5. The van der Waals surface area contributed by atoms with Crippen LogP contribution < -0.4 is 22.5 Å². The average Bonchev–Trinajstić information content (AvgIpc) is 2.54. The Morgan fingerprint density at radius 2 is 1.39 bits per heavy atom. The molecule has 0 saturated heterocycles. The van der Waals surface area contributed by atoms with Crippen LogP contribution in [0.1, 0.15) is 10.4 Å². The van der Waals surface area contributed by atoms with Crippen LogP contribution in [0.15, 0.2) is 53.4 Å². The van der Waals surface area contributed by atoms with Crippen LogP contribution in [0.2, 0.25) is 0 Å². The van der Waals surface area contributed by atoms with Gasteiger partial charge in [-0.3, -0.25) is 16.2 Å². The molecule has 0 atom stereocenters. The van der Waals surface area contributed by atoms with Crippen molar-refractivity contribution in [3.63, 3.8) is 0 Å². The fourth-order valence-corrected chi connectivity index (χ4v) is 2.26. The molecule has 0 bridgehead atoms. The molecule has 0 fully saturated rings. The maximum atomic E-state index is 10.7. The van der Waals surface area contributed by atoms with Crippen molar-refractivity contribution in [2.45, 2.75) is 4.90 Å². The van der Waals surface area contributed by atoms with Gasteiger partial charge in [-0.25, -0.2) is 4.79 Å². The summed E-state index contributed by atoms with van der Waals surface area (Å²) in [6.07, 6.45) is 0. The highest BCUT2D eigenvalue weighted by molar-refractivity contribution is 7.86. The first kappa shape index (κ1) is 18.4. The van der Waals surface area contributed by atoms with Gasteiger partial charge in [-0.1, -0.05) is 24.3 Å². The first-order valence-corrected chi connectivity index (χ1v) is 7.57. The van der Waals surface area contributed by atoms with Gasteiger partial charge in [0, 0.05) is 0 Å². The molecule has 0 spiro atoms. The van der Waals surface area contributed by atoms with E-state index in [2.05, 4.69) is 10.9 Å². The molecule has 0 radical (unpaired) electrons. The lowest BCUT2D eigenvalue weighted by Gasteiger charge is -2.03. The molecule has 0 aromatic heterocycles. The summed E-state index contributed by atoms with van der Waals surface area (Å²) < 4.78 is 30.0. The molecule has 2 aromatic rings. The second-order valence-corrected chi connectivity index (χ2v) is 5.50. The normalized spacial score (nSPS) is 10.2. The van der Waals surface area contributed by atoms with Crippen LogP contribution >= 0.6 is 0 Å². The van der Waals surface area contributed by atoms with E-state index in [1.54, 1.807) is 24.3 Å². The maximum Gasteiger partial charge on any atom is 0.337 e. The minimum Gasteiger partial charge on any atom is -0.478 e. The molecule has 23 heavy (non-hydrogen) atoms. The van der Waals surface area contributed by atoms with Gasteiger partial charge in [-0.15, -0.1) is 0 Å². The van der Waals surface area contributed by atoms with E-state index in [0.29, 0.717) is 5.69 Å². The van der Waals surface area contributed by atoms with E-state index in [1.165, 1.54) is 24.3 Å². The van der Waals surface area contributed by atoms with Crippen LogP contribution in [0.3, 0.4) is 0 Å². The van der Waals surface area contributed by atoms with Gasteiger partial charge in [-0.05, 0) is 24.3 Å². The third-order valence-electron chi connectivity index (χ3n) is 2.63. The highest BCUT2D eigenvalue weighted by Crippen LogP contribution is 2.18. The van der Waals surface area contributed by atoms with E-state index < -0.39 is 16.1 Å². The summed E-state index contributed by atoms with van der Waals surface area (Å²) in [6, 6.07) is 12.2. The number of hydrogen-bond donors (Lipinski definition) is 6. The Kier molecular flexibility index (Phi) is 6.48. The van der Waals surface area contributed by atoms with Crippen molar-refractivity contribution in [3.05, 3.63) is 54.1 Å². The molecule has 0 unspecified atom stereocenters. The number of hydrazine groups is 2. The number of carbonyl (C=O) groups is 1. The highest BCUT2D eigenvalue weighted by atomic mass is 32.2. The number of benzene rings is 2. The van der Waals surface area contributed by atoms with Crippen molar-refractivity contribution in [2.24, 2.45) is 11.7 Å². The van der Waals surface area contributed by atoms with Gasteiger partial charge < -0.3 is 16.0 Å². The molecular formula is C13H16N4O5S.